The molecular formula is C25H33NO3. The molecule has 156 valence electrons. The van der Waals surface area contributed by atoms with Crippen LogP contribution in [0.25, 0.3) is 0 Å². The van der Waals surface area contributed by atoms with Gasteiger partial charge in [-0.25, -0.2) is 0 Å². The molecule has 29 heavy (non-hydrogen) atoms. The van der Waals surface area contributed by atoms with Gasteiger partial charge in [0.15, 0.2) is 0 Å². The van der Waals surface area contributed by atoms with E-state index in [1.807, 2.05) is 37.3 Å². The molecule has 1 saturated heterocycles. The van der Waals surface area contributed by atoms with Gasteiger partial charge in [-0.2, -0.15) is 0 Å². The van der Waals surface area contributed by atoms with Gasteiger partial charge >= 0.3 is 5.97 Å². The van der Waals surface area contributed by atoms with Gasteiger partial charge in [-0.1, -0.05) is 48.6 Å². The highest BCUT2D eigenvalue weighted by Gasteiger charge is 2.46. The summed E-state index contributed by atoms with van der Waals surface area (Å²) in [7, 11) is 1.49. The van der Waals surface area contributed by atoms with Crippen LogP contribution in [0.1, 0.15) is 38.7 Å². The first kappa shape index (κ1) is 21.4. The third kappa shape index (κ3) is 4.64. The van der Waals surface area contributed by atoms with Crippen LogP contribution in [-0.2, 0) is 19.7 Å². The number of hydrogen-bond acceptors (Lipinski definition) is 4. The minimum absolute atomic E-state index is 0.142. The number of benzene rings is 1. The molecule has 0 spiro atoms. The lowest BCUT2D eigenvalue weighted by Crippen LogP contribution is -2.42. The standard InChI is InChI=1S/C25H33NO3/c1-5-23-20(13-16-29-23)17-19(2)11-14-26-15-12-22(18-26)25(3,24(27)28-4)21-9-7-6-8-10-21/h5-10,17,22H,1,11-16,18H2,2-4H3/b19-17+. The molecule has 4 nitrogen and oxygen atoms in total. The molecule has 1 aromatic carbocycles. The minimum atomic E-state index is -0.611. The number of allylic oxidation sites excluding steroid dienone is 2. The molecular weight excluding hydrogens is 362 g/mol. The predicted octanol–water partition coefficient (Wildman–Crippen LogP) is 4.64. The fourth-order valence-corrected chi connectivity index (χ4v) is 4.55. The van der Waals surface area contributed by atoms with E-state index in [1.165, 1.54) is 18.3 Å². The Morgan fingerprint density at radius 1 is 1.38 bits per heavy atom. The van der Waals surface area contributed by atoms with Gasteiger partial charge in [0.2, 0.25) is 0 Å². The SMILES string of the molecule is C=CC1=C(/C=C(\C)CCN2CCC(C(C)(C(=O)OC)c3ccccc3)C2)CCO1. The topological polar surface area (TPSA) is 38.8 Å². The lowest BCUT2D eigenvalue weighted by molar-refractivity contribution is -0.149. The zero-order valence-electron chi connectivity index (χ0n) is 17.9. The third-order valence-electron chi connectivity index (χ3n) is 6.45. The number of likely N-dealkylation sites (tertiary alicyclic amines) is 1. The van der Waals surface area contributed by atoms with E-state index in [0.29, 0.717) is 0 Å². The average molecular weight is 396 g/mol. The molecule has 2 heterocycles. The number of hydrogen-bond donors (Lipinski definition) is 0. The van der Waals surface area contributed by atoms with Crippen LogP contribution in [-0.4, -0.2) is 44.2 Å². The Kier molecular flexibility index (Phi) is 6.96. The van der Waals surface area contributed by atoms with Crippen LogP contribution >= 0.6 is 0 Å². The van der Waals surface area contributed by atoms with Crippen molar-refractivity contribution in [1.29, 1.82) is 0 Å². The van der Waals surface area contributed by atoms with Crippen LogP contribution < -0.4 is 0 Å². The Morgan fingerprint density at radius 3 is 2.83 bits per heavy atom. The Morgan fingerprint density at radius 2 is 2.14 bits per heavy atom. The molecule has 0 amide bonds. The van der Waals surface area contributed by atoms with Crippen molar-refractivity contribution in [2.75, 3.05) is 33.4 Å². The Balaban J connectivity index is 1.64. The summed E-state index contributed by atoms with van der Waals surface area (Å²) in [6.07, 6.45) is 7.03. The summed E-state index contributed by atoms with van der Waals surface area (Å²) in [5.41, 5.74) is 3.03. The summed E-state index contributed by atoms with van der Waals surface area (Å²) in [5, 5.41) is 0. The predicted molar refractivity (Wildman–Crippen MR) is 117 cm³/mol. The van der Waals surface area contributed by atoms with Crippen molar-refractivity contribution in [2.45, 2.75) is 38.5 Å². The maximum absolute atomic E-state index is 12.8. The quantitative estimate of drug-likeness (QED) is 0.601. The first-order chi connectivity index (χ1) is 14.0. The van der Waals surface area contributed by atoms with Crippen LogP contribution in [0.4, 0.5) is 0 Å². The Bertz CT molecular complexity index is 796. The van der Waals surface area contributed by atoms with E-state index in [0.717, 1.165) is 56.8 Å². The van der Waals surface area contributed by atoms with E-state index in [-0.39, 0.29) is 11.9 Å². The second-order valence-electron chi connectivity index (χ2n) is 8.28. The molecule has 3 rings (SSSR count). The monoisotopic (exact) mass is 395 g/mol. The van der Waals surface area contributed by atoms with Crippen molar-refractivity contribution in [3.05, 3.63) is 71.5 Å². The molecule has 1 fully saturated rings. The number of nitrogens with zero attached hydrogens (tertiary/aromatic N) is 1. The van der Waals surface area contributed by atoms with Crippen LogP contribution in [0.3, 0.4) is 0 Å². The molecule has 1 aromatic rings. The molecule has 0 aromatic heterocycles. The molecule has 0 saturated carbocycles. The van der Waals surface area contributed by atoms with E-state index in [4.69, 9.17) is 9.47 Å². The second-order valence-corrected chi connectivity index (χ2v) is 8.28. The van der Waals surface area contributed by atoms with Crippen molar-refractivity contribution in [3.8, 4) is 0 Å². The van der Waals surface area contributed by atoms with Crippen molar-refractivity contribution in [3.63, 3.8) is 0 Å². The number of rotatable bonds is 8. The zero-order valence-corrected chi connectivity index (χ0v) is 17.9. The Labute approximate surface area is 174 Å². The lowest BCUT2D eigenvalue weighted by Gasteiger charge is -2.33. The summed E-state index contributed by atoms with van der Waals surface area (Å²) in [4.78, 5) is 15.2. The van der Waals surface area contributed by atoms with Gasteiger partial charge in [-0.3, -0.25) is 4.79 Å². The molecule has 2 aliphatic heterocycles. The average Bonchev–Trinajstić information content (AvgIpc) is 3.41. The van der Waals surface area contributed by atoms with Gasteiger partial charge in [-0.05, 0) is 56.4 Å². The first-order valence-electron chi connectivity index (χ1n) is 10.5. The van der Waals surface area contributed by atoms with Gasteiger partial charge in [0, 0.05) is 19.5 Å². The van der Waals surface area contributed by atoms with E-state index in [1.54, 1.807) is 6.08 Å². The highest BCUT2D eigenvalue weighted by Crippen LogP contribution is 2.39. The van der Waals surface area contributed by atoms with Crippen molar-refractivity contribution < 1.29 is 14.3 Å². The van der Waals surface area contributed by atoms with E-state index < -0.39 is 5.41 Å². The van der Waals surface area contributed by atoms with Gasteiger partial charge < -0.3 is 14.4 Å². The minimum Gasteiger partial charge on any atom is -0.493 e. The molecule has 2 unspecified atom stereocenters. The molecule has 0 aliphatic carbocycles. The lowest BCUT2D eigenvalue weighted by atomic mass is 9.71. The zero-order chi connectivity index (χ0) is 20.9. The Hall–Kier alpha value is -2.33. The van der Waals surface area contributed by atoms with Crippen molar-refractivity contribution in [1.82, 2.24) is 4.90 Å². The van der Waals surface area contributed by atoms with E-state index in [2.05, 4.69) is 24.5 Å². The summed E-state index contributed by atoms with van der Waals surface area (Å²) in [6, 6.07) is 10.1. The van der Waals surface area contributed by atoms with Crippen LogP contribution in [0.2, 0.25) is 0 Å². The summed E-state index contributed by atoms with van der Waals surface area (Å²) >= 11 is 0. The third-order valence-corrected chi connectivity index (χ3v) is 6.45. The molecule has 0 radical (unpaired) electrons. The summed E-state index contributed by atoms with van der Waals surface area (Å²) in [6.45, 7) is 11.7. The number of esters is 1. The molecule has 2 aliphatic rings. The molecule has 2 atom stereocenters. The van der Waals surface area contributed by atoms with Crippen LogP contribution in [0.5, 0.6) is 0 Å². The summed E-state index contributed by atoms with van der Waals surface area (Å²) in [5.74, 6) is 1.03. The molecule has 4 heteroatoms. The highest BCUT2D eigenvalue weighted by molar-refractivity contribution is 5.83. The smallest absolute Gasteiger partial charge is 0.316 e. The number of carbonyl (C=O) groups excluding carboxylic acids is 1. The normalized spacial score (nSPS) is 22.3. The second kappa shape index (κ2) is 9.45. The number of ether oxygens (including phenoxy) is 2. The van der Waals surface area contributed by atoms with Crippen LogP contribution in [0.15, 0.2) is 66.0 Å². The van der Waals surface area contributed by atoms with E-state index >= 15 is 0 Å². The van der Waals surface area contributed by atoms with Crippen molar-refractivity contribution in [2.24, 2.45) is 5.92 Å². The van der Waals surface area contributed by atoms with Gasteiger partial charge in [0.1, 0.15) is 5.76 Å². The number of methoxy groups -OCH3 is 1. The largest absolute Gasteiger partial charge is 0.493 e. The maximum atomic E-state index is 12.8. The number of carbonyl (C=O) groups is 1. The van der Waals surface area contributed by atoms with Crippen LogP contribution in [0, 0.1) is 5.92 Å². The first-order valence-corrected chi connectivity index (χ1v) is 10.5. The van der Waals surface area contributed by atoms with Crippen molar-refractivity contribution >= 4 is 5.97 Å². The van der Waals surface area contributed by atoms with Gasteiger partial charge in [0.05, 0.1) is 19.1 Å². The molecule has 0 bridgehead atoms. The van der Waals surface area contributed by atoms with E-state index in [9.17, 15) is 4.79 Å². The highest BCUT2D eigenvalue weighted by atomic mass is 16.5. The fourth-order valence-electron chi connectivity index (χ4n) is 4.55. The molecule has 0 N–H and O–H groups in total. The van der Waals surface area contributed by atoms with Gasteiger partial charge in [0.25, 0.3) is 0 Å². The fraction of sp³-hybridized carbons (Fsp3) is 0.480. The maximum Gasteiger partial charge on any atom is 0.316 e. The summed E-state index contributed by atoms with van der Waals surface area (Å²) < 4.78 is 10.8. The van der Waals surface area contributed by atoms with Gasteiger partial charge in [-0.15, -0.1) is 0 Å².